The monoisotopic (exact) mass is 511 g/mol. The number of fused-ring (bicyclic) bond motifs is 2. The second kappa shape index (κ2) is 9.56. The van der Waals surface area contributed by atoms with Gasteiger partial charge in [0.15, 0.2) is 30.4 Å². The van der Waals surface area contributed by atoms with E-state index < -0.39 is 0 Å². The normalized spacial score (nSPS) is 15.5. The van der Waals surface area contributed by atoms with Crippen LogP contribution >= 0.6 is 11.6 Å². The van der Waals surface area contributed by atoms with Gasteiger partial charge in [0.05, 0.1) is 30.8 Å². The van der Waals surface area contributed by atoms with E-state index in [9.17, 15) is 4.79 Å². The molecule has 3 aromatic carbocycles. The van der Waals surface area contributed by atoms with Crippen molar-refractivity contribution >= 4 is 17.5 Å². The van der Waals surface area contributed by atoms with Crippen LogP contribution < -0.4 is 14.0 Å². The zero-order valence-electron chi connectivity index (χ0n) is 20.9. The topological polar surface area (TPSA) is 42.7 Å². The highest BCUT2D eigenvalue weighted by Gasteiger charge is 2.39. The van der Waals surface area contributed by atoms with Crippen LogP contribution in [0.25, 0.3) is 11.1 Å². The Morgan fingerprint density at radius 3 is 2.51 bits per heavy atom. The van der Waals surface area contributed by atoms with Gasteiger partial charge in [0, 0.05) is 29.8 Å². The lowest BCUT2D eigenvalue weighted by Crippen LogP contribution is -2.43. The molecule has 0 bridgehead atoms. The number of rotatable bonds is 5. The Balaban J connectivity index is 1.35. The predicted octanol–water partition coefficient (Wildman–Crippen LogP) is 5.66. The first kappa shape index (κ1) is 23.6. The van der Waals surface area contributed by atoms with E-state index in [1.54, 1.807) is 14.2 Å². The van der Waals surface area contributed by atoms with E-state index in [1.165, 1.54) is 16.7 Å². The summed E-state index contributed by atoms with van der Waals surface area (Å²) < 4.78 is 13.6. The Kier molecular flexibility index (Phi) is 6.09. The van der Waals surface area contributed by atoms with Gasteiger partial charge in [-0.15, -0.1) is 0 Å². The molecule has 0 spiro atoms. The maximum atomic E-state index is 13.9. The van der Waals surface area contributed by atoms with Crippen molar-refractivity contribution in [3.8, 4) is 22.6 Å². The lowest BCUT2D eigenvalue weighted by Gasteiger charge is -2.42. The third-order valence-corrected chi connectivity index (χ3v) is 7.91. The first-order valence-corrected chi connectivity index (χ1v) is 12.9. The highest BCUT2D eigenvalue weighted by atomic mass is 35.5. The zero-order valence-corrected chi connectivity index (χ0v) is 21.7. The average Bonchev–Trinajstić information content (AvgIpc) is 2.94. The van der Waals surface area contributed by atoms with E-state index in [0.29, 0.717) is 18.7 Å². The van der Waals surface area contributed by atoms with Crippen LogP contribution in [0.1, 0.15) is 38.7 Å². The quantitative estimate of drug-likeness (QED) is 0.325. The van der Waals surface area contributed by atoms with Gasteiger partial charge >= 0.3 is 0 Å². The number of nitrogens with zero attached hydrogens (tertiary/aromatic N) is 2. The molecular weight excluding hydrogens is 484 g/mol. The number of aromatic nitrogens is 1. The van der Waals surface area contributed by atoms with Gasteiger partial charge in [-0.25, -0.2) is 4.57 Å². The van der Waals surface area contributed by atoms with Crippen LogP contribution in [0.2, 0.25) is 5.02 Å². The Labute approximate surface area is 221 Å². The molecule has 0 saturated carbocycles. The minimum Gasteiger partial charge on any atom is -0.493 e. The smallest absolute Gasteiger partial charge is 0.254 e. The molecule has 2 heterocycles. The van der Waals surface area contributed by atoms with Crippen molar-refractivity contribution in [1.82, 2.24) is 4.90 Å². The minimum absolute atomic E-state index is 0.0423. The molecule has 1 amide bonds. The standard InChI is InChI=1S/C31H28ClN2O3/c1-36-27-18-22-13-16-34(26-17-21-7-3-5-9-24(21)29(28(22)26)30(27)37-2)31(35)20-11-14-33(15-12-20)19-23-8-4-6-10-25(23)32/h3-12,14-15,18,26H,13,16-17,19H2,1-2H3/q+1/t26-/m0/s1. The van der Waals surface area contributed by atoms with E-state index >= 15 is 0 Å². The minimum atomic E-state index is -0.0589. The van der Waals surface area contributed by atoms with Gasteiger partial charge in [0.25, 0.3) is 5.91 Å². The van der Waals surface area contributed by atoms with Crippen LogP contribution in [-0.4, -0.2) is 31.6 Å². The molecule has 0 radical (unpaired) electrons. The summed E-state index contributed by atoms with van der Waals surface area (Å²) >= 11 is 6.33. The molecule has 5 nitrogen and oxygen atoms in total. The van der Waals surface area contributed by atoms with Crippen molar-refractivity contribution in [2.75, 3.05) is 20.8 Å². The number of carbonyl (C=O) groups is 1. The van der Waals surface area contributed by atoms with Crippen LogP contribution in [-0.2, 0) is 19.4 Å². The molecule has 4 aromatic rings. The summed E-state index contributed by atoms with van der Waals surface area (Å²) in [6, 6.07) is 22.0. The van der Waals surface area contributed by atoms with Crippen LogP contribution in [0, 0.1) is 0 Å². The van der Waals surface area contributed by atoms with Crippen LogP contribution in [0.5, 0.6) is 11.5 Å². The largest absolute Gasteiger partial charge is 0.493 e. The van der Waals surface area contributed by atoms with Gasteiger partial charge in [-0.2, -0.15) is 0 Å². The second-order valence-corrected chi connectivity index (χ2v) is 9.94. The van der Waals surface area contributed by atoms with E-state index in [2.05, 4.69) is 30.3 Å². The van der Waals surface area contributed by atoms with Crippen molar-refractivity contribution in [2.45, 2.75) is 25.4 Å². The van der Waals surface area contributed by atoms with Crippen molar-refractivity contribution in [3.05, 3.63) is 112 Å². The second-order valence-electron chi connectivity index (χ2n) is 9.54. The molecule has 0 saturated heterocycles. The maximum absolute atomic E-state index is 13.9. The SMILES string of the molecule is COc1cc2c3c(c1OC)-c1ccccc1C[C@@H]3N(C(=O)c1cc[n+](Cc3ccccc3Cl)cc1)CC2. The number of benzene rings is 3. The molecule has 1 aliphatic carbocycles. The average molecular weight is 512 g/mol. The van der Waals surface area contributed by atoms with Crippen molar-refractivity contribution in [3.63, 3.8) is 0 Å². The number of halogens is 1. The first-order valence-electron chi connectivity index (χ1n) is 12.5. The molecule has 1 aliphatic heterocycles. The Hall–Kier alpha value is -3.83. The number of methoxy groups -OCH3 is 2. The maximum Gasteiger partial charge on any atom is 0.254 e. The molecule has 186 valence electrons. The summed E-state index contributed by atoms with van der Waals surface area (Å²) in [5, 5.41) is 0.738. The molecule has 0 N–H and O–H groups in total. The highest BCUT2D eigenvalue weighted by molar-refractivity contribution is 6.31. The van der Waals surface area contributed by atoms with Crippen LogP contribution in [0.15, 0.2) is 79.1 Å². The number of hydrogen-bond acceptors (Lipinski definition) is 3. The lowest BCUT2D eigenvalue weighted by atomic mass is 9.76. The fourth-order valence-electron chi connectivity index (χ4n) is 5.77. The number of amides is 1. The predicted molar refractivity (Wildman–Crippen MR) is 143 cm³/mol. The van der Waals surface area contributed by atoms with Crippen molar-refractivity contribution in [2.24, 2.45) is 0 Å². The molecular formula is C31H28ClN2O3+. The molecule has 6 rings (SSSR count). The number of carbonyl (C=O) groups excluding carboxylic acids is 1. The summed E-state index contributed by atoms with van der Waals surface area (Å²) in [7, 11) is 3.36. The van der Waals surface area contributed by atoms with E-state index in [1.807, 2.05) is 58.3 Å². The number of ether oxygens (including phenoxy) is 2. The lowest BCUT2D eigenvalue weighted by molar-refractivity contribution is -0.688. The summed E-state index contributed by atoms with van der Waals surface area (Å²) in [6.07, 6.45) is 5.44. The molecule has 2 aliphatic rings. The van der Waals surface area contributed by atoms with Gasteiger partial charge in [-0.1, -0.05) is 54.1 Å². The van der Waals surface area contributed by atoms with Crippen LogP contribution in [0.3, 0.4) is 0 Å². The Morgan fingerprint density at radius 2 is 1.76 bits per heavy atom. The van der Waals surface area contributed by atoms with Gasteiger partial charge in [-0.3, -0.25) is 4.79 Å². The van der Waals surface area contributed by atoms with Gasteiger partial charge in [0.1, 0.15) is 0 Å². The highest BCUT2D eigenvalue weighted by Crippen LogP contribution is 2.52. The van der Waals surface area contributed by atoms with Gasteiger partial charge in [-0.05, 0) is 47.2 Å². The fraction of sp³-hybridized carbons (Fsp3) is 0.226. The van der Waals surface area contributed by atoms with Gasteiger partial charge in [0.2, 0.25) is 0 Å². The number of pyridine rings is 1. The van der Waals surface area contributed by atoms with E-state index in [0.717, 1.165) is 46.1 Å². The zero-order chi connectivity index (χ0) is 25.5. The summed E-state index contributed by atoms with van der Waals surface area (Å²) in [4.78, 5) is 15.9. The Morgan fingerprint density at radius 1 is 1.00 bits per heavy atom. The van der Waals surface area contributed by atoms with E-state index in [-0.39, 0.29) is 11.9 Å². The number of hydrogen-bond donors (Lipinski definition) is 0. The summed E-state index contributed by atoms with van der Waals surface area (Å²) in [6.45, 7) is 1.30. The molecule has 0 fully saturated rings. The van der Waals surface area contributed by atoms with Crippen molar-refractivity contribution < 1.29 is 18.8 Å². The summed E-state index contributed by atoms with van der Waals surface area (Å²) in [5.41, 5.74) is 7.54. The third-order valence-electron chi connectivity index (χ3n) is 7.54. The third kappa shape index (κ3) is 4.04. The first-order chi connectivity index (χ1) is 18.1. The fourth-order valence-corrected chi connectivity index (χ4v) is 5.97. The molecule has 1 atom stereocenters. The molecule has 1 aromatic heterocycles. The molecule has 6 heteroatoms. The van der Waals surface area contributed by atoms with E-state index in [4.69, 9.17) is 21.1 Å². The van der Waals surface area contributed by atoms with Crippen LogP contribution in [0.4, 0.5) is 0 Å². The van der Waals surface area contributed by atoms with Gasteiger partial charge < -0.3 is 14.4 Å². The molecule has 0 unspecified atom stereocenters. The van der Waals surface area contributed by atoms with Crippen molar-refractivity contribution in [1.29, 1.82) is 0 Å². The summed E-state index contributed by atoms with van der Waals surface area (Å²) in [5.74, 6) is 1.51. The Bertz CT molecular complexity index is 1500. The molecule has 37 heavy (non-hydrogen) atoms.